The average Bonchev–Trinajstić information content (AvgIpc) is 2.89. The van der Waals surface area contributed by atoms with Crippen LogP contribution in [0.15, 0.2) is 0 Å². The lowest BCUT2D eigenvalue weighted by Gasteiger charge is -2.56. The molecule has 0 aliphatic heterocycles. The number of carbonyl (C=O) groups excluding carboxylic acids is 2. The van der Waals surface area contributed by atoms with Crippen LogP contribution in [-0.4, -0.2) is 90.5 Å². The van der Waals surface area contributed by atoms with Crippen LogP contribution in [0, 0.1) is 0 Å². The fourth-order valence-electron chi connectivity index (χ4n) is 6.90. The zero-order chi connectivity index (χ0) is 28.3. The summed E-state index contributed by atoms with van der Waals surface area (Å²) in [5.41, 5.74) is -1.29. The molecule has 224 valence electrons. The molecule has 12 heteroatoms. The number of aliphatic hydroxyl groups excluding tert-OH is 1. The molecule has 3 N–H and O–H groups in total. The quantitative estimate of drug-likeness (QED) is 0.314. The highest BCUT2D eigenvalue weighted by Gasteiger charge is 2.55. The maximum atomic E-state index is 13.8. The number of hydrogen-bond acceptors (Lipinski definition) is 7. The van der Waals surface area contributed by atoms with E-state index in [1.165, 1.54) is 0 Å². The monoisotopic (exact) mass is 594 g/mol. The molecule has 0 radical (unpaired) electrons. The van der Waals surface area contributed by atoms with Gasteiger partial charge in [0.2, 0.25) is 11.8 Å². The van der Waals surface area contributed by atoms with E-state index < -0.39 is 38.6 Å². The summed E-state index contributed by atoms with van der Waals surface area (Å²) in [4.78, 5) is 25.4. The second-order valence-electron chi connectivity index (χ2n) is 12.1. The van der Waals surface area contributed by atoms with Crippen molar-refractivity contribution in [1.82, 2.24) is 10.6 Å². The molecule has 5 saturated carbocycles. The first-order valence-electron chi connectivity index (χ1n) is 14.5. The van der Waals surface area contributed by atoms with Crippen LogP contribution in [-0.2, 0) is 28.9 Å². The molecule has 2 bridgehead atoms. The van der Waals surface area contributed by atoms with E-state index in [-0.39, 0.29) is 54.7 Å². The Morgan fingerprint density at radius 3 is 2.13 bits per heavy atom. The Hall–Kier alpha value is -1.01. The van der Waals surface area contributed by atoms with Crippen LogP contribution in [0.1, 0.15) is 90.4 Å². The van der Waals surface area contributed by atoms with Crippen LogP contribution in [0.25, 0.3) is 0 Å². The summed E-state index contributed by atoms with van der Waals surface area (Å²) in [5.74, 6) is -0.361. The smallest absolute Gasteiger partial charge is 0.246 e. The van der Waals surface area contributed by atoms with Crippen LogP contribution in [0.5, 0.6) is 0 Å². The second-order valence-corrected chi connectivity index (χ2v) is 15.1. The third-order valence-corrected chi connectivity index (χ3v) is 12.2. The lowest BCUT2D eigenvalue weighted by molar-refractivity contribution is -0.142. The Bertz CT molecular complexity index is 967. The van der Waals surface area contributed by atoms with Crippen molar-refractivity contribution in [2.45, 2.75) is 137 Å². The van der Waals surface area contributed by atoms with Gasteiger partial charge in [0.1, 0.15) is 19.4 Å². The van der Waals surface area contributed by atoms with Crippen LogP contribution < -0.4 is 10.6 Å². The van der Waals surface area contributed by atoms with E-state index in [9.17, 15) is 27.5 Å². The largest absolute Gasteiger partial charge is 0.391 e. The van der Waals surface area contributed by atoms with E-state index in [2.05, 4.69) is 10.6 Å². The van der Waals surface area contributed by atoms with Gasteiger partial charge in [-0.3, -0.25) is 9.59 Å². The van der Waals surface area contributed by atoms with Crippen LogP contribution in [0.2, 0.25) is 0 Å². The minimum Gasteiger partial charge on any atom is -0.391 e. The topological polar surface area (TPSA) is 131 Å². The van der Waals surface area contributed by atoms with Crippen LogP contribution >= 0.6 is 11.6 Å². The van der Waals surface area contributed by atoms with Crippen molar-refractivity contribution in [1.29, 1.82) is 0 Å². The molecular weight excluding hydrogens is 551 g/mol. The fraction of sp³-hybridized carbons (Fsp3) is 0.926. The number of fused-ring (bicyclic) bond motifs is 3. The lowest BCUT2D eigenvalue weighted by atomic mass is 9.60. The van der Waals surface area contributed by atoms with Gasteiger partial charge < -0.3 is 25.2 Å². The van der Waals surface area contributed by atoms with E-state index >= 15 is 0 Å². The molecular formula is C27H44ClFN2O7S. The van der Waals surface area contributed by atoms with Gasteiger partial charge in [-0.1, -0.05) is 6.92 Å². The molecule has 3 unspecified atom stereocenters. The van der Waals surface area contributed by atoms with Gasteiger partial charge in [-0.2, -0.15) is 0 Å². The number of aliphatic hydroxyl groups is 1. The molecule has 9 nitrogen and oxygen atoms in total. The average molecular weight is 595 g/mol. The van der Waals surface area contributed by atoms with Crippen molar-refractivity contribution in [2.75, 3.05) is 19.0 Å². The summed E-state index contributed by atoms with van der Waals surface area (Å²) in [6.07, 6.45) is 4.54. The predicted octanol–water partition coefficient (Wildman–Crippen LogP) is 2.70. The first-order chi connectivity index (χ1) is 18.5. The molecule has 5 rings (SSSR count). The van der Waals surface area contributed by atoms with Crippen LogP contribution in [0.4, 0.5) is 4.39 Å². The van der Waals surface area contributed by atoms with Gasteiger partial charge in [0.15, 0.2) is 9.84 Å². The number of amides is 2. The third kappa shape index (κ3) is 7.64. The number of halogens is 2. The maximum absolute atomic E-state index is 13.8. The summed E-state index contributed by atoms with van der Waals surface area (Å²) in [5, 5.41) is 16.2. The number of carbonyl (C=O) groups is 2. The number of nitrogens with one attached hydrogen (secondary N) is 2. The van der Waals surface area contributed by atoms with E-state index in [1.807, 2.05) is 6.92 Å². The molecule has 5 aliphatic rings. The number of alkyl halides is 2. The molecule has 0 heterocycles. The molecule has 0 spiro atoms. The van der Waals surface area contributed by atoms with Gasteiger partial charge in [-0.25, -0.2) is 12.8 Å². The molecule has 5 aliphatic carbocycles. The summed E-state index contributed by atoms with van der Waals surface area (Å²) in [6, 6.07) is 0. The normalized spacial score (nSPS) is 38.8. The van der Waals surface area contributed by atoms with Gasteiger partial charge in [-0.15, -0.1) is 11.6 Å². The lowest BCUT2D eigenvalue weighted by Crippen LogP contribution is -2.70. The highest BCUT2D eigenvalue weighted by molar-refractivity contribution is 7.92. The molecule has 5 fully saturated rings. The maximum Gasteiger partial charge on any atom is 0.246 e. The SMILES string of the molecule is CCCS(=O)(=O)C1CCC(OCC(=O)NC23CCC(NC(=O)COC4CCC(Cl)C(F)C4)(CC2)C[C@@H]3O)CC1. The molecule has 4 atom stereocenters. The van der Waals surface area contributed by atoms with Gasteiger partial charge in [0.05, 0.1) is 40.2 Å². The van der Waals surface area contributed by atoms with Gasteiger partial charge in [-0.05, 0) is 77.0 Å². The van der Waals surface area contributed by atoms with Crippen LogP contribution in [0.3, 0.4) is 0 Å². The fourth-order valence-corrected chi connectivity index (χ4v) is 9.02. The number of hydrogen-bond donors (Lipinski definition) is 3. The van der Waals surface area contributed by atoms with Crippen molar-refractivity contribution in [2.24, 2.45) is 0 Å². The summed E-state index contributed by atoms with van der Waals surface area (Å²) in [6.45, 7) is 1.58. The first-order valence-corrected chi connectivity index (χ1v) is 16.6. The highest BCUT2D eigenvalue weighted by Crippen LogP contribution is 2.47. The molecule has 0 aromatic carbocycles. The summed E-state index contributed by atoms with van der Waals surface area (Å²) >= 11 is 5.92. The van der Waals surface area contributed by atoms with E-state index in [0.717, 1.165) is 0 Å². The Kier molecular flexibility index (Phi) is 10.2. The van der Waals surface area contributed by atoms with Crippen molar-refractivity contribution in [3.05, 3.63) is 0 Å². The Morgan fingerprint density at radius 1 is 0.949 bits per heavy atom. The van der Waals surface area contributed by atoms with E-state index in [0.29, 0.717) is 77.0 Å². The number of ether oxygens (including phenoxy) is 2. The van der Waals surface area contributed by atoms with Crippen molar-refractivity contribution in [3.8, 4) is 0 Å². The summed E-state index contributed by atoms with van der Waals surface area (Å²) < 4.78 is 49.9. The zero-order valence-corrected chi connectivity index (χ0v) is 24.4. The molecule has 2 amide bonds. The Balaban J connectivity index is 1.18. The number of rotatable bonds is 11. The van der Waals surface area contributed by atoms with Crippen molar-refractivity contribution < 1.29 is 37.0 Å². The summed E-state index contributed by atoms with van der Waals surface area (Å²) in [7, 11) is -3.06. The van der Waals surface area contributed by atoms with Crippen molar-refractivity contribution in [3.63, 3.8) is 0 Å². The third-order valence-electron chi connectivity index (χ3n) is 9.28. The Morgan fingerprint density at radius 2 is 1.54 bits per heavy atom. The minimum absolute atomic E-state index is 0.129. The van der Waals surface area contributed by atoms with E-state index in [4.69, 9.17) is 21.1 Å². The standard InChI is InChI=1S/C27H44ClFN2O7S/c1-2-13-39(35,36)20-6-3-18(4-7-20)37-17-25(34)31-27-11-9-26(10-12-27,15-23(27)32)30-24(33)16-38-19-5-8-21(28)22(29)14-19/h18-23,32H,2-17H2,1H3,(H,30,33)(H,31,34)/t18?,19?,20?,21?,22?,23-,26?,27?/m0/s1. The number of sulfone groups is 1. The van der Waals surface area contributed by atoms with E-state index in [1.54, 1.807) is 0 Å². The first kappa shape index (κ1) is 30.9. The Labute approximate surface area is 236 Å². The molecule has 0 aromatic heterocycles. The van der Waals surface area contributed by atoms with Crippen molar-refractivity contribution >= 4 is 33.3 Å². The molecule has 0 aromatic rings. The minimum atomic E-state index is -3.06. The molecule has 0 saturated heterocycles. The van der Waals surface area contributed by atoms with Gasteiger partial charge in [0.25, 0.3) is 0 Å². The second kappa shape index (κ2) is 12.9. The predicted molar refractivity (Wildman–Crippen MR) is 145 cm³/mol. The highest BCUT2D eigenvalue weighted by atomic mass is 35.5. The van der Waals surface area contributed by atoms with Gasteiger partial charge >= 0.3 is 0 Å². The zero-order valence-electron chi connectivity index (χ0n) is 22.8. The molecule has 39 heavy (non-hydrogen) atoms. The van der Waals surface area contributed by atoms with Gasteiger partial charge in [0, 0.05) is 12.0 Å².